The van der Waals surface area contributed by atoms with Crippen LogP contribution in [-0.4, -0.2) is 35.5 Å². The number of anilines is 1. The van der Waals surface area contributed by atoms with Crippen LogP contribution in [0.15, 0.2) is 48.0 Å². The molecule has 3 rings (SSSR count). The van der Waals surface area contributed by atoms with Gasteiger partial charge in [0.05, 0.1) is 22.6 Å². The average Bonchev–Trinajstić information content (AvgIpc) is 3.09. The van der Waals surface area contributed by atoms with Gasteiger partial charge in [-0.1, -0.05) is 11.6 Å². The molecule has 1 aromatic carbocycles. The number of sulfonamides is 1. The highest BCUT2D eigenvalue weighted by Gasteiger charge is 2.27. The van der Waals surface area contributed by atoms with Crippen LogP contribution in [0, 0.1) is 0 Å². The van der Waals surface area contributed by atoms with E-state index < -0.39 is 21.7 Å². The first-order valence-corrected chi connectivity index (χ1v) is 11.8. The van der Waals surface area contributed by atoms with Crippen molar-refractivity contribution in [2.75, 3.05) is 11.0 Å². The van der Waals surface area contributed by atoms with E-state index in [2.05, 4.69) is 9.71 Å². The Labute approximate surface area is 178 Å². The van der Waals surface area contributed by atoms with Crippen molar-refractivity contribution in [1.29, 1.82) is 0 Å². The standard InChI is InChI=1S/C20H21ClN2O4S2/c1-20(2,25)19(24)17-8-12(6-7-22-17)13-9-18(28-11-13)15-5-4-14(10-16(15)21)23-29(3,26)27/h4-11,19,23-25H,1-3H3. The molecule has 6 nitrogen and oxygen atoms in total. The average molecular weight is 453 g/mol. The molecule has 0 spiro atoms. The number of aromatic nitrogens is 1. The van der Waals surface area contributed by atoms with Gasteiger partial charge in [0.2, 0.25) is 10.0 Å². The van der Waals surface area contributed by atoms with Crippen molar-refractivity contribution >= 4 is 38.6 Å². The Hall–Kier alpha value is -1.97. The lowest BCUT2D eigenvalue weighted by molar-refractivity contribution is -0.0517. The number of pyridine rings is 1. The highest BCUT2D eigenvalue weighted by molar-refractivity contribution is 7.92. The summed E-state index contributed by atoms with van der Waals surface area (Å²) in [7, 11) is -3.38. The minimum Gasteiger partial charge on any atom is -0.387 e. The molecule has 2 heterocycles. The molecule has 0 radical (unpaired) electrons. The summed E-state index contributed by atoms with van der Waals surface area (Å²) in [5.74, 6) is 0. The zero-order valence-corrected chi connectivity index (χ0v) is 18.4. The quantitative estimate of drug-likeness (QED) is 0.517. The molecule has 0 fully saturated rings. The van der Waals surface area contributed by atoms with Gasteiger partial charge in [-0.15, -0.1) is 11.3 Å². The monoisotopic (exact) mass is 452 g/mol. The maximum Gasteiger partial charge on any atom is 0.229 e. The lowest BCUT2D eigenvalue weighted by Gasteiger charge is -2.24. The van der Waals surface area contributed by atoms with Crippen molar-refractivity contribution in [3.05, 3.63) is 58.7 Å². The Morgan fingerprint density at radius 1 is 1.17 bits per heavy atom. The van der Waals surface area contributed by atoms with Gasteiger partial charge in [0, 0.05) is 22.3 Å². The van der Waals surface area contributed by atoms with E-state index in [4.69, 9.17) is 11.6 Å². The number of benzene rings is 1. The molecule has 3 aromatic rings. The molecule has 154 valence electrons. The molecule has 0 aliphatic carbocycles. The largest absolute Gasteiger partial charge is 0.387 e. The van der Waals surface area contributed by atoms with Crippen molar-refractivity contribution < 1.29 is 18.6 Å². The minimum atomic E-state index is -3.38. The molecule has 0 saturated carbocycles. The van der Waals surface area contributed by atoms with Crippen LogP contribution in [0.1, 0.15) is 25.6 Å². The third kappa shape index (κ3) is 5.34. The predicted molar refractivity (Wildman–Crippen MR) is 118 cm³/mol. The third-order valence-electron chi connectivity index (χ3n) is 4.20. The molecule has 2 aromatic heterocycles. The van der Waals surface area contributed by atoms with Crippen LogP contribution < -0.4 is 4.72 Å². The Morgan fingerprint density at radius 3 is 2.52 bits per heavy atom. The summed E-state index contributed by atoms with van der Waals surface area (Å²) in [5.41, 5.74) is 2.04. The van der Waals surface area contributed by atoms with Gasteiger partial charge in [0.15, 0.2) is 0 Å². The number of hydrogen-bond acceptors (Lipinski definition) is 6. The third-order valence-corrected chi connectivity index (χ3v) is 6.08. The molecule has 0 aliphatic heterocycles. The molecule has 0 amide bonds. The van der Waals surface area contributed by atoms with E-state index in [0.717, 1.165) is 27.8 Å². The fraction of sp³-hybridized carbons (Fsp3) is 0.250. The van der Waals surface area contributed by atoms with E-state index in [0.29, 0.717) is 16.4 Å². The number of nitrogens with one attached hydrogen (secondary N) is 1. The molecule has 0 aliphatic rings. The molecule has 9 heteroatoms. The topological polar surface area (TPSA) is 99.5 Å². The van der Waals surface area contributed by atoms with Gasteiger partial charge in [-0.2, -0.15) is 0 Å². The molecule has 0 bridgehead atoms. The van der Waals surface area contributed by atoms with Crippen LogP contribution >= 0.6 is 22.9 Å². The zero-order valence-electron chi connectivity index (χ0n) is 16.0. The van der Waals surface area contributed by atoms with Gasteiger partial charge in [0.25, 0.3) is 0 Å². The van der Waals surface area contributed by atoms with Gasteiger partial charge in [-0.25, -0.2) is 8.42 Å². The Kier molecular flexibility index (Phi) is 6.03. The minimum absolute atomic E-state index is 0.386. The summed E-state index contributed by atoms with van der Waals surface area (Å²) in [6, 6.07) is 10.5. The van der Waals surface area contributed by atoms with E-state index in [-0.39, 0.29) is 0 Å². The van der Waals surface area contributed by atoms with Crippen molar-refractivity contribution in [2.24, 2.45) is 0 Å². The van der Waals surface area contributed by atoms with Crippen molar-refractivity contribution in [3.8, 4) is 21.6 Å². The van der Waals surface area contributed by atoms with E-state index in [9.17, 15) is 18.6 Å². The fourth-order valence-corrected chi connectivity index (χ4v) is 4.61. The number of thiophene rings is 1. The van der Waals surface area contributed by atoms with Crippen molar-refractivity contribution in [1.82, 2.24) is 4.98 Å². The number of rotatable bonds is 6. The second-order valence-electron chi connectivity index (χ2n) is 7.29. The van der Waals surface area contributed by atoms with Crippen LogP contribution in [0.4, 0.5) is 5.69 Å². The molecular weight excluding hydrogens is 432 g/mol. The van der Waals surface area contributed by atoms with E-state index in [1.165, 1.54) is 25.2 Å². The van der Waals surface area contributed by atoms with Crippen LogP contribution in [-0.2, 0) is 10.0 Å². The molecular formula is C20H21ClN2O4S2. The number of hydrogen-bond donors (Lipinski definition) is 3. The van der Waals surface area contributed by atoms with Crippen LogP contribution in [0.25, 0.3) is 21.6 Å². The molecule has 29 heavy (non-hydrogen) atoms. The Morgan fingerprint density at radius 2 is 1.90 bits per heavy atom. The lowest BCUT2D eigenvalue weighted by Crippen LogP contribution is -2.29. The number of nitrogens with zero attached hydrogens (tertiary/aromatic N) is 1. The summed E-state index contributed by atoms with van der Waals surface area (Å²) in [6.07, 6.45) is 1.57. The van der Waals surface area contributed by atoms with Crippen molar-refractivity contribution in [2.45, 2.75) is 25.6 Å². The normalized spacial score (nSPS) is 13.3. The zero-order chi connectivity index (χ0) is 21.4. The Balaban J connectivity index is 1.90. The van der Waals surface area contributed by atoms with E-state index in [1.54, 1.807) is 30.5 Å². The summed E-state index contributed by atoms with van der Waals surface area (Å²) in [5, 5.41) is 22.7. The summed E-state index contributed by atoms with van der Waals surface area (Å²) in [4.78, 5) is 5.08. The summed E-state index contributed by atoms with van der Waals surface area (Å²) in [6.45, 7) is 3.05. The maximum absolute atomic E-state index is 11.4. The smallest absolute Gasteiger partial charge is 0.229 e. The van der Waals surface area contributed by atoms with Gasteiger partial charge in [0.1, 0.15) is 6.10 Å². The molecule has 0 saturated heterocycles. The van der Waals surface area contributed by atoms with Crippen LogP contribution in [0.3, 0.4) is 0 Å². The first-order valence-electron chi connectivity index (χ1n) is 8.67. The Bertz CT molecular complexity index is 1140. The second kappa shape index (κ2) is 8.04. The van der Waals surface area contributed by atoms with Gasteiger partial charge >= 0.3 is 0 Å². The number of aliphatic hydroxyl groups is 2. The predicted octanol–water partition coefficient (Wildman–Crippen LogP) is 4.31. The van der Waals surface area contributed by atoms with Crippen LogP contribution in [0.5, 0.6) is 0 Å². The summed E-state index contributed by atoms with van der Waals surface area (Å²) < 4.78 is 25.1. The number of halogens is 1. The van der Waals surface area contributed by atoms with E-state index in [1.807, 2.05) is 17.5 Å². The SMILES string of the molecule is CC(C)(O)C(O)c1cc(-c2csc(-c3ccc(NS(C)(=O)=O)cc3Cl)c2)ccn1. The van der Waals surface area contributed by atoms with Crippen LogP contribution in [0.2, 0.25) is 5.02 Å². The summed E-state index contributed by atoms with van der Waals surface area (Å²) >= 11 is 7.86. The van der Waals surface area contributed by atoms with Gasteiger partial charge in [-0.05, 0) is 66.8 Å². The highest BCUT2D eigenvalue weighted by Crippen LogP contribution is 2.38. The lowest BCUT2D eigenvalue weighted by atomic mass is 9.97. The first kappa shape index (κ1) is 21.7. The van der Waals surface area contributed by atoms with Gasteiger partial charge in [-0.3, -0.25) is 9.71 Å². The molecule has 3 N–H and O–H groups in total. The maximum atomic E-state index is 11.4. The molecule has 1 unspecified atom stereocenters. The van der Waals surface area contributed by atoms with Crippen molar-refractivity contribution in [3.63, 3.8) is 0 Å². The fourth-order valence-electron chi connectivity index (χ4n) is 2.76. The van der Waals surface area contributed by atoms with Gasteiger partial charge < -0.3 is 10.2 Å². The van der Waals surface area contributed by atoms with E-state index >= 15 is 0 Å². The second-order valence-corrected chi connectivity index (χ2v) is 10.4. The molecule has 1 atom stereocenters. The number of aliphatic hydroxyl groups excluding tert-OH is 1. The highest BCUT2D eigenvalue weighted by atomic mass is 35.5. The first-order chi connectivity index (χ1) is 13.4.